The minimum Gasteiger partial charge on any atom is -0.307 e. The van der Waals surface area contributed by atoms with E-state index in [2.05, 4.69) is 57.8 Å². The molecule has 1 nitrogen and oxygen atoms in total. The van der Waals surface area contributed by atoms with Gasteiger partial charge in [0.15, 0.2) is 0 Å². The minimum absolute atomic E-state index is 0.398. The standard InChI is InChI=1S/C15H23N/c1-6-8-12(3)16-14(5)15-10-7-9-11(2)13(15)4/h6-7,9-10,12,14,16H,1,8H2,2-5H3. The van der Waals surface area contributed by atoms with Crippen LogP contribution in [0.5, 0.6) is 0 Å². The normalized spacial score (nSPS) is 14.5. The molecule has 1 N–H and O–H groups in total. The zero-order valence-corrected chi connectivity index (χ0v) is 10.9. The van der Waals surface area contributed by atoms with Gasteiger partial charge in [0.05, 0.1) is 0 Å². The van der Waals surface area contributed by atoms with E-state index in [1.807, 2.05) is 6.08 Å². The van der Waals surface area contributed by atoms with E-state index in [1.54, 1.807) is 0 Å². The van der Waals surface area contributed by atoms with Gasteiger partial charge in [0.1, 0.15) is 0 Å². The van der Waals surface area contributed by atoms with Crippen molar-refractivity contribution in [2.45, 2.75) is 46.2 Å². The lowest BCUT2D eigenvalue weighted by Gasteiger charge is -2.21. The Kier molecular flexibility index (Phi) is 4.75. The summed E-state index contributed by atoms with van der Waals surface area (Å²) in [5.41, 5.74) is 4.16. The lowest BCUT2D eigenvalue weighted by atomic mass is 9.98. The van der Waals surface area contributed by atoms with Crippen LogP contribution in [0.15, 0.2) is 30.9 Å². The molecule has 2 unspecified atom stereocenters. The molecule has 1 aromatic rings. The summed E-state index contributed by atoms with van der Waals surface area (Å²) in [6, 6.07) is 7.38. The van der Waals surface area contributed by atoms with E-state index in [1.165, 1.54) is 16.7 Å². The van der Waals surface area contributed by atoms with Gasteiger partial charge < -0.3 is 5.32 Å². The quantitative estimate of drug-likeness (QED) is 0.737. The predicted molar refractivity (Wildman–Crippen MR) is 71.7 cm³/mol. The molecule has 1 aromatic carbocycles. The highest BCUT2D eigenvalue weighted by atomic mass is 14.9. The molecule has 0 aromatic heterocycles. The van der Waals surface area contributed by atoms with Crippen molar-refractivity contribution in [2.75, 3.05) is 0 Å². The van der Waals surface area contributed by atoms with Crippen molar-refractivity contribution in [3.05, 3.63) is 47.5 Å². The molecule has 0 amide bonds. The maximum atomic E-state index is 3.77. The van der Waals surface area contributed by atoms with Crippen LogP contribution in [0.1, 0.15) is 43.0 Å². The maximum absolute atomic E-state index is 3.77. The van der Waals surface area contributed by atoms with Crippen LogP contribution in [0.3, 0.4) is 0 Å². The molecule has 0 saturated heterocycles. The number of hydrogen-bond donors (Lipinski definition) is 1. The zero-order valence-electron chi connectivity index (χ0n) is 10.9. The third-order valence-corrected chi connectivity index (χ3v) is 3.17. The van der Waals surface area contributed by atoms with Crippen LogP contribution in [0.2, 0.25) is 0 Å². The summed E-state index contributed by atoms with van der Waals surface area (Å²) in [5.74, 6) is 0. The monoisotopic (exact) mass is 217 g/mol. The van der Waals surface area contributed by atoms with E-state index in [4.69, 9.17) is 0 Å². The Balaban J connectivity index is 2.76. The Morgan fingerprint density at radius 2 is 2.00 bits per heavy atom. The van der Waals surface area contributed by atoms with E-state index < -0.39 is 0 Å². The molecule has 0 aliphatic heterocycles. The molecule has 0 saturated carbocycles. The van der Waals surface area contributed by atoms with Crippen LogP contribution in [0.4, 0.5) is 0 Å². The Labute approximate surface area is 99.6 Å². The number of aryl methyl sites for hydroxylation is 1. The highest BCUT2D eigenvalue weighted by Crippen LogP contribution is 2.20. The first-order valence-corrected chi connectivity index (χ1v) is 5.99. The highest BCUT2D eigenvalue weighted by molar-refractivity contribution is 5.35. The third-order valence-electron chi connectivity index (χ3n) is 3.17. The van der Waals surface area contributed by atoms with Crippen LogP contribution < -0.4 is 5.32 Å². The Hall–Kier alpha value is -1.08. The molecule has 16 heavy (non-hydrogen) atoms. The summed E-state index contributed by atoms with van der Waals surface area (Å²) in [6.45, 7) is 12.6. The number of benzene rings is 1. The average Bonchev–Trinajstić information content (AvgIpc) is 2.22. The molecule has 88 valence electrons. The van der Waals surface area contributed by atoms with Gasteiger partial charge >= 0.3 is 0 Å². The van der Waals surface area contributed by atoms with Gasteiger partial charge in [-0.15, -0.1) is 6.58 Å². The number of nitrogens with one attached hydrogen (secondary N) is 1. The molecular weight excluding hydrogens is 194 g/mol. The molecule has 0 radical (unpaired) electrons. The topological polar surface area (TPSA) is 12.0 Å². The van der Waals surface area contributed by atoms with Gasteiger partial charge in [-0.25, -0.2) is 0 Å². The molecule has 0 aliphatic rings. The van der Waals surface area contributed by atoms with E-state index >= 15 is 0 Å². The van der Waals surface area contributed by atoms with Gasteiger partial charge in [0.2, 0.25) is 0 Å². The van der Waals surface area contributed by atoms with Crippen molar-refractivity contribution in [1.29, 1.82) is 0 Å². The summed E-state index contributed by atoms with van der Waals surface area (Å²) < 4.78 is 0. The summed E-state index contributed by atoms with van der Waals surface area (Å²) in [7, 11) is 0. The first kappa shape index (κ1) is 13.0. The molecule has 1 heteroatoms. The van der Waals surface area contributed by atoms with Crippen LogP contribution in [0, 0.1) is 13.8 Å². The van der Waals surface area contributed by atoms with Gasteiger partial charge in [-0.05, 0) is 50.8 Å². The van der Waals surface area contributed by atoms with Crippen molar-refractivity contribution in [3.63, 3.8) is 0 Å². The fourth-order valence-corrected chi connectivity index (χ4v) is 2.08. The van der Waals surface area contributed by atoms with Crippen molar-refractivity contribution in [2.24, 2.45) is 0 Å². The van der Waals surface area contributed by atoms with Crippen molar-refractivity contribution < 1.29 is 0 Å². The molecule has 0 spiro atoms. The van der Waals surface area contributed by atoms with E-state index in [0.29, 0.717) is 12.1 Å². The molecule has 2 atom stereocenters. The second-order valence-electron chi connectivity index (χ2n) is 4.60. The fourth-order valence-electron chi connectivity index (χ4n) is 2.08. The second kappa shape index (κ2) is 5.86. The van der Waals surface area contributed by atoms with Crippen LogP contribution in [-0.4, -0.2) is 6.04 Å². The second-order valence-corrected chi connectivity index (χ2v) is 4.60. The van der Waals surface area contributed by atoms with Gasteiger partial charge in [-0.2, -0.15) is 0 Å². The largest absolute Gasteiger partial charge is 0.307 e. The lowest BCUT2D eigenvalue weighted by Crippen LogP contribution is -2.28. The Morgan fingerprint density at radius 3 is 2.62 bits per heavy atom. The summed E-state index contributed by atoms with van der Waals surface area (Å²) in [5, 5.41) is 3.59. The highest BCUT2D eigenvalue weighted by Gasteiger charge is 2.11. The van der Waals surface area contributed by atoms with Crippen LogP contribution in [-0.2, 0) is 0 Å². The molecule has 1 rings (SSSR count). The van der Waals surface area contributed by atoms with E-state index in [9.17, 15) is 0 Å². The van der Waals surface area contributed by atoms with Crippen LogP contribution >= 0.6 is 0 Å². The first-order valence-electron chi connectivity index (χ1n) is 5.99. The van der Waals surface area contributed by atoms with Crippen LogP contribution in [0.25, 0.3) is 0 Å². The average molecular weight is 217 g/mol. The number of rotatable bonds is 5. The van der Waals surface area contributed by atoms with Crippen molar-refractivity contribution >= 4 is 0 Å². The first-order chi connectivity index (χ1) is 7.56. The molecule has 0 fully saturated rings. The van der Waals surface area contributed by atoms with Gasteiger partial charge in [-0.1, -0.05) is 24.3 Å². The summed E-state index contributed by atoms with van der Waals surface area (Å²) >= 11 is 0. The zero-order chi connectivity index (χ0) is 12.1. The molecule has 0 bridgehead atoms. The Morgan fingerprint density at radius 1 is 1.31 bits per heavy atom. The molecule has 0 aliphatic carbocycles. The fraction of sp³-hybridized carbons (Fsp3) is 0.467. The SMILES string of the molecule is C=CCC(C)NC(C)c1cccc(C)c1C. The molecule has 0 heterocycles. The maximum Gasteiger partial charge on any atom is 0.0297 e. The van der Waals surface area contributed by atoms with E-state index in [0.717, 1.165) is 6.42 Å². The van der Waals surface area contributed by atoms with Gasteiger partial charge in [0.25, 0.3) is 0 Å². The number of hydrogen-bond acceptors (Lipinski definition) is 1. The van der Waals surface area contributed by atoms with E-state index in [-0.39, 0.29) is 0 Å². The van der Waals surface area contributed by atoms with Crippen molar-refractivity contribution in [1.82, 2.24) is 5.32 Å². The predicted octanol–water partition coefficient (Wildman–Crippen LogP) is 3.92. The van der Waals surface area contributed by atoms with Gasteiger partial charge in [0, 0.05) is 12.1 Å². The van der Waals surface area contributed by atoms with Gasteiger partial charge in [-0.3, -0.25) is 0 Å². The lowest BCUT2D eigenvalue weighted by molar-refractivity contribution is 0.481. The van der Waals surface area contributed by atoms with Crippen molar-refractivity contribution in [3.8, 4) is 0 Å². The molecular formula is C15H23N. The smallest absolute Gasteiger partial charge is 0.0297 e. The Bertz CT molecular complexity index is 354. The third kappa shape index (κ3) is 3.21. The summed E-state index contributed by atoms with van der Waals surface area (Å²) in [4.78, 5) is 0. The minimum atomic E-state index is 0.398. The summed E-state index contributed by atoms with van der Waals surface area (Å²) in [6.07, 6.45) is 2.97.